The Balaban J connectivity index is 2.06. The molecule has 1 aromatic rings. The lowest BCUT2D eigenvalue weighted by atomic mass is 9.86. The Morgan fingerprint density at radius 2 is 2.22 bits per heavy atom. The van der Waals surface area contributed by atoms with Crippen molar-refractivity contribution in [2.75, 3.05) is 7.05 Å². The van der Waals surface area contributed by atoms with Crippen molar-refractivity contribution < 1.29 is 4.79 Å². The first-order chi connectivity index (χ1) is 8.58. The molecule has 0 aliphatic heterocycles. The first-order valence-corrected chi connectivity index (χ1v) is 7.26. The summed E-state index contributed by atoms with van der Waals surface area (Å²) in [7, 11) is 1.90. The molecule has 1 aromatic heterocycles. The van der Waals surface area contributed by atoms with Crippen LogP contribution in [0, 0.1) is 5.92 Å². The highest BCUT2D eigenvalue weighted by atomic mass is 79.9. The Bertz CT molecular complexity index is 418. The maximum atomic E-state index is 12.3. The van der Waals surface area contributed by atoms with Gasteiger partial charge in [0.15, 0.2) is 0 Å². The van der Waals surface area contributed by atoms with Crippen molar-refractivity contribution in [2.45, 2.75) is 38.6 Å². The molecule has 1 aliphatic rings. The van der Waals surface area contributed by atoms with E-state index in [1.165, 1.54) is 12.8 Å². The second kappa shape index (κ2) is 5.83. The minimum atomic E-state index is 0.0293. The van der Waals surface area contributed by atoms with Crippen molar-refractivity contribution in [3.8, 4) is 0 Å². The Morgan fingerprint density at radius 1 is 1.44 bits per heavy atom. The summed E-state index contributed by atoms with van der Waals surface area (Å²) >= 11 is 3.33. The van der Waals surface area contributed by atoms with E-state index in [1.807, 2.05) is 18.0 Å². The number of nitrogens with zero attached hydrogens (tertiary/aromatic N) is 2. The van der Waals surface area contributed by atoms with Gasteiger partial charge in [0.05, 0.1) is 0 Å². The van der Waals surface area contributed by atoms with E-state index in [4.69, 9.17) is 0 Å². The third-order valence-electron chi connectivity index (χ3n) is 3.72. The molecule has 3 nitrogen and oxygen atoms in total. The number of hydrogen-bond acceptors (Lipinski definition) is 2. The molecule has 1 saturated carbocycles. The fourth-order valence-electron chi connectivity index (χ4n) is 2.60. The summed E-state index contributed by atoms with van der Waals surface area (Å²) in [5.74, 6) is 0.749. The molecular formula is C14H19BrN2O. The molecule has 0 bridgehead atoms. The Morgan fingerprint density at radius 3 is 2.83 bits per heavy atom. The van der Waals surface area contributed by atoms with Gasteiger partial charge in [-0.25, -0.2) is 4.98 Å². The van der Waals surface area contributed by atoms with Crippen molar-refractivity contribution in [3.63, 3.8) is 0 Å². The molecule has 2 unspecified atom stereocenters. The smallest absolute Gasteiger partial charge is 0.272 e. The number of carbonyl (C=O) groups is 1. The summed E-state index contributed by atoms with van der Waals surface area (Å²) < 4.78 is 0.896. The van der Waals surface area contributed by atoms with Crippen LogP contribution in [0.2, 0.25) is 0 Å². The summed E-state index contributed by atoms with van der Waals surface area (Å²) in [5, 5.41) is 0. The van der Waals surface area contributed by atoms with Gasteiger partial charge >= 0.3 is 0 Å². The molecular weight excluding hydrogens is 292 g/mol. The van der Waals surface area contributed by atoms with Crippen LogP contribution in [0.25, 0.3) is 0 Å². The van der Waals surface area contributed by atoms with Gasteiger partial charge in [0.25, 0.3) is 5.91 Å². The number of amides is 1. The fraction of sp³-hybridized carbons (Fsp3) is 0.571. The third-order valence-corrected chi connectivity index (χ3v) is 4.19. The zero-order valence-corrected chi connectivity index (χ0v) is 12.5. The predicted octanol–water partition coefficient (Wildman–Crippen LogP) is 3.49. The average molecular weight is 311 g/mol. The molecule has 0 saturated heterocycles. The van der Waals surface area contributed by atoms with Gasteiger partial charge in [-0.05, 0) is 46.8 Å². The Labute approximate surface area is 117 Å². The van der Waals surface area contributed by atoms with Gasteiger partial charge in [0.2, 0.25) is 0 Å². The highest BCUT2D eigenvalue weighted by Gasteiger charge is 2.26. The molecule has 1 amide bonds. The number of halogens is 1. The predicted molar refractivity (Wildman–Crippen MR) is 75.5 cm³/mol. The molecule has 4 heteroatoms. The van der Waals surface area contributed by atoms with Crippen molar-refractivity contribution in [1.29, 1.82) is 0 Å². The zero-order chi connectivity index (χ0) is 13.1. The molecule has 0 radical (unpaired) electrons. The Hall–Kier alpha value is -0.900. The fourth-order valence-corrected chi connectivity index (χ4v) is 2.84. The van der Waals surface area contributed by atoms with E-state index in [0.29, 0.717) is 11.7 Å². The monoisotopic (exact) mass is 310 g/mol. The van der Waals surface area contributed by atoms with Gasteiger partial charge < -0.3 is 4.90 Å². The minimum absolute atomic E-state index is 0.0293. The van der Waals surface area contributed by atoms with E-state index in [1.54, 1.807) is 12.3 Å². The molecule has 2 atom stereocenters. The van der Waals surface area contributed by atoms with Gasteiger partial charge in [-0.2, -0.15) is 0 Å². The standard InChI is InChI=1S/C14H19BrN2O/c1-10-4-3-5-12(8-10)17(2)14(18)13-7-6-11(15)9-16-13/h6-7,9-10,12H,3-5,8H2,1-2H3. The van der Waals surface area contributed by atoms with E-state index in [0.717, 1.165) is 23.2 Å². The van der Waals surface area contributed by atoms with Crippen LogP contribution in [0.15, 0.2) is 22.8 Å². The third kappa shape index (κ3) is 3.10. The van der Waals surface area contributed by atoms with Crippen LogP contribution >= 0.6 is 15.9 Å². The summed E-state index contributed by atoms with van der Waals surface area (Å²) in [5.41, 5.74) is 0.527. The summed E-state index contributed by atoms with van der Waals surface area (Å²) in [4.78, 5) is 18.4. The van der Waals surface area contributed by atoms with Crippen molar-refractivity contribution in [1.82, 2.24) is 9.88 Å². The van der Waals surface area contributed by atoms with Gasteiger partial charge in [-0.3, -0.25) is 4.79 Å². The second-order valence-corrected chi connectivity index (χ2v) is 6.12. The van der Waals surface area contributed by atoms with Gasteiger partial charge in [0, 0.05) is 23.8 Å². The first-order valence-electron chi connectivity index (χ1n) is 6.46. The van der Waals surface area contributed by atoms with E-state index < -0.39 is 0 Å². The quantitative estimate of drug-likeness (QED) is 0.837. The number of pyridine rings is 1. The molecule has 0 aromatic carbocycles. The number of hydrogen-bond donors (Lipinski definition) is 0. The summed E-state index contributed by atoms with van der Waals surface area (Å²) in [6.07, 6.45) is 6.40. The SMILES string of the molecule is CC1CCCC(N(C)C(=O)c2ccc(Br)cn2)C1. The van der Waals surface area contributed by atoms with Gasteiger partial charge in [-0.15, -0.1) is 0 Å². The molecule has 2 rings (SSSR count). The second-order valence-electron chi connectivity index (χ2n) is 5.20. The van der Waals surface area contributed by atoms with E-state index in [-0.39, 0.29) is 5.91 Å². The van der Waals surface area contributed by atoms with Crippen molar-refractivity contribution >= 4 is 21.8 Å². The lowest BCUT2D eigenvalue weighted by Gasteiger charge is -2.34. The molecule has 0 spiro atoms. The lowest BCUT2D eigenvalue weighted by molar-refractivity contribution is 0.0666. The molecule has 1 fully saturated rings. The van der Waals surface area contributed by atoms with Crippen LogP contribution in [-0.2, 0) is 0 Å². The largest absolute Gasteiger partial charge is 0.337 e. The van der Waals surface area contributed by atoms with Crippen LogP contribution in [0.5, 0.6) is 0 Å². The molecule has 1 heterocycles. The highest BCUT2D eigenvalue weighted by molar-refractivity contribution is 9.10. The zero-order valence-electron chi connectivity index (χ0n) is 10.9. The first kappa shape index (κ1) is 13.5. The van der Waals surface area contributed by atoms with E-state index in [9.17, 15) is 4.79 Å². The normalized spacial score (nSPS) is 23.7. The van der Waals surface area contributed by atoms with Crippen LogP contribution in [-0.4, -0.2) is 28.9 Å². The average Bonchev–Trinajstić information content (AvgIpc) is 2.38. The molecule has 0 N–H and O–H groups in total. The van der Waals surface area contributed by atoms with Crippen LogP contribution in [0.3, 0.4) is 0 Å². The topological polar surface area (TPSA) is 33.2 Å². The summed E-state index contributed by atoms with van der Waals surface area (Å²) in [6.45, 7) is 2.27. The van der Waals surface area contributed by atoms with E-state index in [2.05, 4.69) is 27.8 Å². The van der Waals surface area contributed by atoms with Crippen molar-refractivity contribution in [2.24, 2.45) is 5.92 Å². The number of aromatic nitrogens is 1. The maximum absolute atomic E-state index is 12.3. The summed E-state index contributed by atoms with van der Waals surface area (Å²) in [6, 6.07) is 4.00. The van der Waals surface area contributed by atoms with Gasteiger partial charge in [0.1, 0.15) is 5.69 Å². The van der Waals surface area contributed by atoms with Crippen molar-refractivity contribution in [3.05, 3.63) is 28.5 Å². The lowest BCUT2D eigenvalue weighted by Crippen LogP contribution is -2.40. The van der Waals surface area contributed by atoms with E-state index >= 15 is 0 Å². The van der Waals surface area contributed by atoms with Crippen LogP contribution in [0.4, 0.5) is 0 Å². The minimum Gasteiger partial charge on any atom is -0.337 e. The van der Waals surface area contributed by atoms with Crippen LogP contribution in [0.1, 0.15) is 43.1 Å². The highest BCUT2D eigenvalue weighted by Crippen LogP contribution is 2.27. The van der Waals surface area contributed by atoms with Crippen LogP contribution < -0.4 is 0 Å². The number of carbonyl (C=O) groups excluding carboxylic acids is 1. The molecule has 1 aliphatic carbocycles. The maximum Gasteiger partial charge on any atom is 0.272 e. The molecule has 98 valence electrons. The Kier molecular flexibility index (Phi) is 4.38. The van der Waals surface area contributed by atoms with Gasteiger partial charge in [-0.1, -0.05) is 19.8 Å². The molecule has 18 heavy (non-hydrogen) atoms. The number of rotatable bonds is 2.